The van der Waals surface area contributed by atoms with Crippen molar-refractivity contribution in [3.63, 3.8) is 0 Å². The number of piperidine rings is 1. The molecule has 0 aromatic heterocycles. The standard InChI is InChI=1S/C17H34N2O3/c1-13(20)11-17(5,6)12-18-14-7-9-19(10-8-14)15(21)22-16(2,3)4/h13-14,18,20H,7-12H2,1-6H3. The van der Waals surface area contributed by atoms with Gasteiger partial charge >= 0.3 is 6.09 Å². The summed E-state index contributed by atoms with van der Waals surface area (Å²) in [7, 11) is 0. The lowest BCUT2D eigenvalue weighted by Gasteiger charge is -2.35. The lowest BCUT2D eigenvalue weighted by molar-refractivity contribution is 0.0194. The first kappa shape index (κ1) is 19.2. The van der Waals surface area contributed by atoms with Crippen LogP contribution < -0.4 is 5.32 Å². The molecule has 0 aromatic carbocycles. The Bertz CT molecular complexity index is 353. The number of aliphatic hydroxyl groups is 1. The average molecular weight is 314 g/mol. The second-order valence-electron chi connectivity index (χ2n) is 8.34. The van der Waals surface area contributed by atoms with E-state index in [4.69, 9.17) is 4.74 Å². The van der Waals surface area contributed by atoms with E-state index in [1.54, 1.807) is 4.90 Å². The number of amides is 1. The van der Waals surface area contributed by atoms with E-state index in [2.05, 4.69) is 19.2 Å². The van der Waals surface area contributed by atoms with Gasteiger partial charge in [0.2, 0.25) is 0 Å². The van der Waals surface area contributed by atoms with Crippen LogP contribution in [0.3, 0.4) is 0 Å². The molecule has 0 bridgehead atoms. The van der Waals surface area contributed by atoms with E-state index in [9.17, 15) is 9.90 Å². The van der Waals surface area contributed by atoms with Crippen molar-refractivity contribution in [1.29, 1.82) is 0 Å². The van der Waals surface area contributed by atoms with Gasteiger partial charge in [0, 0.05) is 25.7 Å². The van der Waals surface area contributed by atoms with E-state index < -0.39 is 5.60 Å². The van der Waals surface area contributed by atoms with Gasteiger partial charge in [-0.25, -0.2) is 4.79 Å². The molecule has 1 aliphatic rings. The first-order valence-corrected chi connectivity index (χ1v) is 8.38. The monoisotopic (exact) mass is 314 g/mol. The lowest BCUT2D eigenvalue weighted by Crippen LogP contribution is -2.48. The van der Waals surface area contributed by atoms with Crippen LogP contribution in [0.5, 0.6) is 0 Å². The minimum Gasteiger partial charge on any atom is -0.444 e. The molecule has 1 aliphatic heterocycles. The number of carbonyl (C=O) groups is 1. The van der Waals surface area contributed by atoms with Crippen molar-refractivity contribution in [2.75, 3.05) is 19.6 Å². The SMILES string of the molecule is CC(O)CC(C)(C)CNC1CCN(C(=O)OC(C)(C)C)CC1. The smallest absolute Gasteiger partial charge is 0.410 e. The molecule has 5 heteroatoms. The third-order valence-electron chi connectivity index (χ3n) is 3.86. The molecule has 5 nitrogen and oxygen atoms in total. The van der Waals surface area contributed by atoms with Gasteiger partial charge in [0.05, 0.1) is 6.10 Å². The maximum Gasteiger partial charge on any atom is 0.410 e. The highest BCUT2D eigenvalue weighted by Crippen LogP contribution is 2.22. The Morgan fingerprint density at radius 2 is 1.82 bits per heavy atom. The molecule has 2 N–H and O–H groups in total. The Hall–Kier alpha value is -0.810. The number of ether oxygens (including phenoxy) is 1. The Morgan fingerprint density at radius 3 is 2.27 bits per heavy atom. The minimum absolute atomic E-state index is 0.0798. The Labute approximate surface area is 135 Å². The van der Waals surface area contributed by atoms with Crippen molar-refractivity contribution in [1.82, 2.24) is 10.2 Å². The summed E-state index contributed by atoms with van der Waals surface area (Å²) < 4.78 is 5.41. The summed E-state index contributed by atoms with van der Waals surface area (Å²) in [6.07, 6.45) is 2.20. The van der Waals surface area contributed by atoms with Gasteiger partial charge in [-0.15, -0.1) is 0 Å². The molecule has 1 fully saturated rings. The maximum atomic E-state index is 12.0. The third kappa shape index (κ3) is 7.45. The highest BCUT2D eigenvalue weighted by molar-refractivity contribution is 5.68. The molecule has 1 rings (SSSR count). The largest absolute Gasteiger partial charge is 0.444 e. The normalized spacial score (nSPS) is 19.1. The molecular weight excluding hydrogens is 280 g/mol. The fourth-order valence-corrected chi connectivity index (χ4v) is 2.89. The van der Waals surface area contributed by atoms with Crippen LogP contribution in [0.4, 0.5) is 4.79 Å². The molecule has 0 spiro atoms. The number of carbonyl (C=O) groups excluding carboxylic acids is 1. The highest BCUT2D eigenvalue weighted by atomic mass is 16.6. The van der Waals surface area contributed by atoms with E-state index in [0.29, 0.717) is 6.04 Å². The molecule has 1 amide bonds. The molecule has 1 saturated heterocycles. The molecule has 1 unspecified atom stereocenters. The highest BCUT2D eigenvalue weighted by Gasteiger charge is 2.28. The van der Waals surface area contributed by atoms with Gasteiger partial charge < -0.3 is 20.1 Å². The molecule has 1 atom stereocenters. The van der Waals surface area contributed by atoms with E-state index in [1.807, 2.05) is 27.7 Å². The van der Waals surface area contributed by atoms with Crippen molar-refractivity contribution in [2.24, 2.45) is 5.41 Å². The zero-order chi connectivity index (χ0) is 17.0. The summed E-state index contributed by atoms with van der Waals surface area (Å²) in [6, 6.07) is 0.437. The Kier molecular flexibility index (Phi) is 6.68. The van der Waals surface area contributed by atoms with Crippen LogP contribution in [-0.4, -0.2) is 53.5 Å². The van der Waals surface area contributed by atoms with Crippen LogP contribution >= 0.6 is 0 Å². The number of nitrogens with one attached hydrogen (secondary N) is 1. The van der Waals surface area contributed by atoms with Gasteiger partial charge in [-0.05, 0) is 52.4 Å². The molecule has 130 valence electrons. The van der Waals surface area contributed by atoms with Crippen molar-refractivity contribution in [3.8, 4) is 0 Å². The first-order chi connectivity index (χ1) is 9.98. The van der Waals surface area contributed by atoms with Crippen molar-refractivity contribution >= 4 is 6.09 Å². The summed E-state index contributed by atoms with van der Waals surface area (Å²) in [5.74, 6) is 0. The number of hydrogen-bond acceptors (Lipinski definition) is 4. The predicted molar refractivity (Wildman–Crippen MR) is 88.9 cm³/mol. The van der Waals surface area contributed by atoms with Crippen molar-refractivity contribution in [2.45, 2.75) is 78.6 Å². The molecule has 0 aliphatic carbocycles. The molecule has 0 radical (unpaired) electrons. The minimum atomic E-state index is -0.433. The van der Waals surface area contributed by atoms with Crippen LogP contribution in [0.2, 0.25) is 0 Å². The van der Waals surface area contributed by atoms with Gasteiger partial charge in [0.25, 0.3) is 0 Å². The third-order valence-corrected chi connectivity index (χ3v) is 3.86. The maximum absolute atomic E-state index is 12.0. The number of likely N-dealkylation sites (tertiary alicyclic amines) is 1. The number of aliphatic hydroxyl groups excluding tert-OH is 1. The van der Waals surface area contributed by atoms with Gasteiger partial charge in [-0.3, -0.25) is 0 Å². The van der Waals surface area contributed by atoms with Crippen LogP contribution in [0.15, 0.2) is 0 Å². The second-order valence-corrected chi connectivity index (χ2v) is 8.34. The fourth-order valence-electron chi connectivity index (χ4n) is 2.89. The van der Waals surface area contributed by atoms with Gasteiger partial charge in [0.1, 0.15) is 5.60 Å². The second kappa shape index (κ2) is 7.64. The topological polar surface area (TPSA) is 61.8 Å². The molecule has 22 heavy (non-hydrogen) atoms. The van der Waals surface area contributed by atoms with Crippen LogP contribution in [0.1, 0.15) is 60.8 Å². The molecule has 1 heterocycles. The van der Waals surface area contributed by atoms with E-state index >= 15 is 0 Å². The summed E-state index contributed by atoms with van der Waals surface area (Å²) >= 11 is 0. The summed E-state index contributed by atoms with van der Waals surface area (Å²) in [6.45, 7) is 14.2. The van der Waals surface area contributed by atoms with Crippen LogP contribution in [0.25, 0.3) is 0 Å². The van der Waals surface area contributed by atoms with Crippen molar-refractivity contribution < 1.29 is 14.6 Å². The first-order valence-electron chi connectivity index (χ1n) is 8.38. The molecule has 0 aromatic rings. The number of hydrogen-bond donors (Lipinski definition) is 2. The number of nitrogens with zero attached hydrogens (tertiary/aromatic N) is 1. The lowest BCUT2D eigenvalue weighted by atomic mass is 9.86. The van der Waals surface area contributed by atoms with Gasteiger partial charge in [-0.2, -0.15) is 0 Å². The molecule has 0 saturated carbocycles. The zero-order valence-electron chi connectivity index (χ0n) is 15.1. The quantitative estimate of drug-likeness (QED) is 0.819. The summed E-state index contributed by atoms with van der Waals surface area (Å²) in [4.78, 5) is 13.8. The van der Waals surface area contributed by atoms with E-state index in [0.717, 1.165) is 38.9 Å². The van der Waals surface area contributed by atoms with Crippen molar-refractivity contribution in [3.05, 3.63) is 0 Å². The van der Waals surface area contributed by atoms with Gasteiger partial charge in [-0.1, -0.05) is 13.8 Å². The fraction of sp³-hybridized carbons (Fsp3) is 0.941. The zero-order valence-corrected chi connectivity index (χ0v) is 15.1. The average Bonchev–Trinajstić information content (AvgIpc) is 2.33. The molecular formula is C17H34N2O3. The van der Waals surface area contributed by atoms with Crippen LogP contribution in [-0.2, 0) is 4.74 Å². The summed E-state index contributed by atoms with van der Waals surface area (Å²) in [5, 5.41) is 13.1. The Morgan fingerprint density at radius 1 is 1.27 bits per heavy atom. The predicted octanol–water partition coefficient (Wildman–Crippen LogP) is 2.77. The van der Waals surface area contributed by atoms with E-state index in [-0.39, 0.29) is 17.6 Å². The van der Waals surface area contributed by atoms with Gasteiger partial charge in [0.15, 0.2) is 0 Å². The Balaban J connectivity index is 2.32. The summed E-state index contributed by atoms with van der Waals surface area (Å²) in [5.41, 5.74) is -0.354. The van der Waals surface area contributed by atoms with Crippen LogP contribution in [0, 0.1) is 5.41 Å². The number of rotatable bonds is 5. The van der Waals surface area contributed by atoms with E-state index in [1.165, 1.54) is 0 Å².